The lowest BCUT2D eigenvalue weighted by Crippen LogP contribution is -2.42. The number of pyridine rings is 1. The second-order valence-corrected chi connectivity index (χ2v) is 12.0. The average Bonchev–Trinajstić information content (AvgIpc) is 3.58. The number of aromatic amines is 1. The summed E-state index contributed by atoms with van der Waals surface area (Å²) in [6.07, 6.45) is -0.400. The first kappa shape index (κ1) is 22.3. The molecule has 3 aromatic rings. The van der Waals surface area contributed by atoms with E-state index in [9.17, 15) is 27.6 Å². The first-order valence-electron chi connectivity index (χ1n) is 11.6. The van der Waals surface area contributed by atoms with Gasteiger partial charge in [0.2, 0.25) is 11.8 Å². The summed E-state index contributed by atoms with van der Waals surface area (Å²) in [6.45, 7) is 0. The predicted octanol–water partition coefficient (Wildman–Crippen LogP) is 4.53. The number of amides is 2. The molecule has 36 heavy (non-hydrogen) atoms. The molecule has 7 atom stereocenters. The summed E-state index contributed by atoms with van der Waals surface area (Å²) in [6, 6.07) is 8.24. The van der Waals surface area contributed by atoms with E-state index in [1.807, 2.05) is 12.1 Å². The van der Waals surface area contributed by atoms with Gasteiger partial charge < -0.3 is 4.98 Å². The highest BCUT2D eigenvalue weighted by Gasteiger charge is 2.69. The Hall–Kier alpha value is -2.92. The number of carbonyl (C=O) groups is 2. The molecular weight excluding hydrogens is 511 g/mol. The molecule has 6 nitrogen and oxygen atoms in total. The molecule has 3 fully saturated rings. The van der Waals surface area contributed by atoms with Crippen LogP contribution in [0.15, 0.2) is 58.6 Å². The number of aromatic nitrogens is 2. The second kappa shape index (κ2) is 7.55. The standard InChI is InChI=1S/C25H18F3N3O3S2/c26-25(27,28)11-4-1-5-12(7-11)31-22(32)17-13-8-14(18(17)23(31)33)19-16(13)15(10-3-2-6-29-9-10)20-21(35-19)30-24(34)36-20/h1-7,9,13-19H,8H2,(H,30,34)/t13-,14+,15+,16+,17+,18+,19-/m1/s1. The lowest BCUT2D eigenvalue weighted by atomic mass is 9.68. The Labute approximate surface area is 210 Å². The van der Waals surface area contributed by atoms with E-state index in [-0.39, 0.29) is 39.5 Å². The molecule has 4 aliphatic rings. The SMILES string of the molecule is O=C1[C@H]2[C@@H]3C[C@@H]([C@@H]2C(=O)N1c1cccc(C(F)(F)F)c1)[C@H]1[C@H](c2cccnc2)c2sc(=O)[nH]c2S[C@H]31. The molecule has 2 saturated carbocycles. The van der Waals surface area contributed by atoms with Crippen LogP contribution in [0.25, 0.3) is 0 Å². The van der Waals surface area contributed by atoms with Crippen LogP contribution in [0, 0.1) is 29.6 Å². The number of H-pyrrole nitrogens is 1. The van der Waals surface area contributed by atoms with Crippen LogP contribution in [-0.4, -0.2) is 27.0 Å². The van der Waals surface area contributed by atoms with Crippen LogP contribution in [0.5, 0.6) is 0 Å². The Morgan fingerprint density at radius 3 is 2.53 bits per heavy atom. The summed E-state index contributed by atoms with van der Waals surface area (Å²) in [5.41, 5.74) is 0.0336. The third kappa shape index (κ3) is 2.98. The van der Waals surface area contributed by atoms with Gasteiger partial charge in [0.25, 0.3) is 0 Å². The number of halogens is 3. The van der Waals surface area contributed by atoms with Crippen molar-refractivity contribution in [2.75, 3.05) is 4.90 Å². The summed E-state index contributed by atoms with van der Waals surface area (Å²) >= 11 is 2.74. The van der Waals surface area contributed by atoms with E-state index in [0.29, 0.717) is 6.42 Å². The van der Waals surface area contributed by atoms with Gasteiger partial charge >= 0.3 is 11.0 Å². The van der Waals surface area contributed by atoms with Gasteiger partial charge in [-0.25, -0.2) is 0 Å². The number of nitrogens with one attached hydrogen (secondary N) is 1. The average molecular weight is 530 g/mol. The lowest BCUT2D eigenvalue weighted by molar-refractivity contribution is -0.137. The fraction of sp³-hybridized carbons (Fsp3) is 0.360. The molecule has 2 amide bonds. The minimum absolute atomic E-state index is 0.0115. The molecule has 2 aliphatic heterocycles. The molecule has 2 aromatic heterocycles. The molecule has 2 bridgehead atoms. The molecule has 2 aliphatic carbocycles. The Kier molecular flexibility index (Phi) is 4.67. The van der Waals surface area contributed by atoms with Crippen molar-refractivity contribution in [2.24, 2.45) is 29.6 Å². The first-order valence-corrected chi connectivity index (χ1v) is 13.3. The molecule has 184 valence electrons. The van der Waals surface area contributed by atoms with Crippen LogP contribution in [0.3, 0.4) is 0 Å². The van der Waals surface area contributed by atoms with Crippen molar-refractivity contribution in [3.05, 3.63) is 74.5 Å². The molecule has 11 heteroatoms. The van der Waals surface area contributed by atoms with Gasteiger partial charge in [0.1, 0.15) is 0 Å². The van der Waals surface area contributed by atoms with Gasteiger partial charge in [-0.2, -0.15) is 13.2 Å². The largest absolute Gasteiger partial charge is 0.416 e. The number of carbonyl (C=O) groups excluding carboxylic acids is 2. The second-order valence-electron chi connectivity index (χ2n) is 9.81. The molecule has 4 heterocycles. The number of alkyl halides is 3. The number of hydrogen-bond acceptors (Lipinski definition) is 6. The van der Waals surface area contributed by atoms with Crippen LogP contribution < -0.4 is 9.77 Å². The summed E-state index contributed by atoms with van der Waals surface area (Å²) < 4.78 is 40.0. The van der Waals surface area contributed by atoms with Gasteiger partial charge in [0.05, 0.1) is 28.1 Å². The van der Waals surface area contributed by atoms with Gasteiger partial charge in [-0.05, 0) is 54.0 Å². The topological polar surface area (TPSA) is 83.1 Å². The quantitative estimate of drug-likeness (QED) is 0.494. The monoisotopic (exact) mass is 529 g/mol. The highest BCUT2D eigenvalue weighted by molar-refractivity contribution is 8.00. The van der Waals surface area contributed by atoms with Crippen molar-refractivity contribution in [3.8, 4) is 0 Å². The summed E-state index contributed by atoms with van der Waals surface area (Å²) in [4.78, 5) is 48.5. The smallest absolute Gasteiger partial charge is 0.307 e. The normalized spacial score (nSPS) is 32.5. The maximum absolute atomic E-state index is 13.7. The molecule has 0 radical (unpaired) electrons. The van der Waals surface area contributed by atoms with Crippen LogP contribution >= 0.6 is 23.1 Å². The first-order chi connectivity index (χ1) is 17.2. The van der Waals surface area contributed by atoms with Crippen LogP contribution in [-0.2, 0) is 15.8 Å². The maximum atomic E-state index is 13.7. The van der Waals surface area contributed by atoms with Crippen LogP contribution in [0.2, 0.25) is 0 Å². The summed E-state index contributed by atoms with van der Waals surface area (Å²) in [5, 5.41) is 0.813. The number of thiazole rings is 1. The number of hydrogen-bond donors (Lipinski definition) is 1. The van der Waals surface area contributed by atoms with Crippen molar-refractivity contribution >= 4 is 40.6 Å². The number of thioether (sulfide) groups is 1. The van der Waals surface area contributed by atoms with Crippen molar-refractivity contribution in [3.63, 3.8) is 0 Å². The van der Waals surface area contributed by atoms with Crippen LogP contribution in [0.1, 0.15) is 28.3 Å². The van der Waals surface area contributed by atoms with E-state index in [4.69, 9.17) is 0 Å². The van der Waals surface area contributed by atoms with Crippen molar-refractivity contribution in [1.29, 1.82) is 0 Å². The molecule has 0 unspecified atom stereocenters. The molecule has 7 rings (SSSR count). The number of imide groups is 1. The minimum atomic E-state index is -4.58. The van der Waals surface area contributed by atoms with Gasteiger partial charge in [0.15, 0.2) is 0 Å². The minimum Gasteiger partial charge on any atom is -0.307 e. The number of anilines is 1. The van der Waals surface area contributed by atoms with Gasteiger partial charge in [-0.15, -0.1) is 11.8 Å². The zero-order valence-corrected chi connectivity index (χ0v) is 20.1. The van der Waals surface area contributed by atoms with E-state index in [1.54, 1.807) is 24.2 Å². The molecule has 1 aromatic carbocycles. The third-order valence-corrected chi connectivity index (χ3v) is 10.8. The van der Waals surface area contributed by atoms with Gasteiger partial charge in [0, 0.05) is 28.4 Å². The van der Waals surface area contributed by atoms with E-state index in [1.165, 1.54) is 23.5 Å². The van der Waals surface area contributed by atoms with Crippen molar-refractivity contribution < 1.29 is 22.8 Å². The third-order valence-electron chi connectivity index (χ3n) is 8.20. The molecular formula is C25H18F3N3O3S2. The lowest BCUT2D eigenvalue weighted by Gasteiger charge is -2.42. The molecule has 0 spiro atoms. The molecule has 1 N–H and O–H groups in total. The van der Waals surface area contributed by atoms with E-state index in [2.05, 4.69) is 9.97 Å². The predicted molar refractivity (Wildman–Crippen MR) is 127 cm³/mol. The Balaban J connectivity index is 1.30. The number of rotatable bonds is 2. The fourth-order valence-electron chi connectivity index (χ4n) is 7.03. The zero-order chi connectivity index (χ0) is 24.9. The highest BCUT2D eigenvalue weighted by atomic mass is 32.2. The van der Waals surface area contributed by atoms with Gasteiger partial charge in [-0.1, -0.05) is 23.5 Å². The molecule has 1 saturated heterocycles. The summed E-state index contributed by atoms with van der Waals surface area (Å²) in [7, 11) is 0. The van der Waals surface area contributed by atoms with Crippen molar-refractivity contribution in [1.82, 2.24) is 9.97 Å². The van der Waals surface area contributed by atoms with Crippen LogP contribution in [0.4, 0.5) is 18.9 Å². The zero-order valence-electron chi connectivity index (χ0n) is 18.4. The fourth-order valence-corrected chi connectivity index (χ4v) is 9.91. The van der Waals surface area contributed by atoms with Crippen molar-refractivity contribution in [2.45, 2.75) is 28.8 Å². The number of fused-ring (bicyclic) bond motifs is 9. The Morgan fingerprint density at radius 2 is 1.81 bits per heavy atom. The number of benzene rings is 1. The Bertz CT molecular complexity index is 1470. The highest BCUT2D eigenvalue weighted by Crippen LogP contribution is 2.68. The van der Waals surface area contributed by atoms with E-state index in [0.717, 1.165) is 32.5 Å². The van der Waals surface area contributed by atoms with E-state index >= 15 is 0 Å². The van der Waals surface area contributed by atoms with Gasteiger partial charge in [-0.3, -0.25) is 24.3 Å². The maximum Gasteiger partial charge on any atom is 0.416 e. The van der Waals surface area contributed by atoms with E-state index < -0.39 is 35.4 Å². The number of nitrogens with zero attached hydrogens (tertiary/aromatic N) is 2. The summed E-state index contributed by atoms with van der Waals surface area (Å²) in [5.74, 6) is -2.30. The Morgan fingerprint density at radius 1 is 1.03 bits per heavy atom.